The van der Waals surface area contributed by atoms with Crippen LogP contribution in [-0.2, 0) is 4.79 Å². The average Bonchev–Trinajstić information content (AvgIpc) is 3.38. The topological polar surface area (TPSA) is 162 Å². The molecule has 0 saturated carbocycles. The van der Waals surface area contributed by atoms with E-state index in [-0.39, 0.29) is 16.6 Å². The maximum Gasteiger partial charge on any atom is 0.313 e. The van der Waals surface area contributed by atoms with Gasteiger partial charge in [0.05, 0.1) is 10.7 Å². The maximum atomic E-state index is 11.5. The Morgan fingerprint density at radius 3 is 2.73 bits per heavy atom. The molecule has 4 aromatic rings. The first-order valence-electron chi connectivity index (χ1n) is 8.53. The molecule has 2 aromatic heterocycles. The van der Waals surface area contributed by atoms with Crippen LogP contribution in [0.1, 0.15) is 5.69 Å². The summed E-state index contributed by atoms with van der Waals surface area (Å²) in [6.45, 7) is 0. The van der Waals surface area contributed by atoms with Gasteiger partial charge in [0.2, 0.25) is 5.16 Å². The first-order valence-corrected chi connectivity index (χ1v) is 9.51. The number of aliphatic carboxylic acids is 1. The zero-order chi connectivity index (χ0) is 21.3. The number of carbonyl (C=O) groups is 1. The maximum absolute atomic E-state index is 11.5. The molecule has 0 atom stereocenters. The van der Waals surface area contributed by atoms with Gasteiger partial charge in [-0.3, -0.25) is 20.0 Å². The number of non-ortho nitro benzene ring substituents is 1. The lowest BCUT2D eigenvalue weighted by molar-refractivity contribution is -0.384. The van der Waals surface area contributed by atoms with Crippen LogP contribution in [0.4, 0.5) is 5.69 Å². The average molecular weight is 420 g/mol. The largest absolute Gasteiger partial charge is 0.481 e. The number of nitro benzene ring substituents is 1. The Hall–Kier alpha value is -4.17. The van der Waals surface area contributed by atoms with E-state index in [1.54, 1.807) is 24.3 Å². The highest BCUT2D eigenvalue weighted by Gasteiger charge is 2.16. The molecule has 2 aromatic carbocycles. The van der Waals surface area contributed by atoms with Crippen LogP contribution in [0.2, 0.25) is 0 Å². The van der Waals surface area contributed by atoms with E-state index in [2.05, 4.69) is 20.2 Å². The first kappa shape index (κ1) is 19.2. The minimum Gasteiger partial charge on any atom is -0.481 e. The van der Waals surface area contributed by atoms with Gasteiger partial charge in [-0.15, -0.1) is 5.10 Å². The Morgan fingerprint density at radius 2 is 2.00 bits per heavy atom. The van der Waals surface area contributed by atoms with Crippen molar-refractivity contribution in [2.24, 2.45) is 0 Å². The van der Waals surface area contributed by atoms with E-state index in [1.807, 2.05) is 12.1 Å². The van der Waals surface area contributed by atoms with Crippen LogP contribution in [0.15, 0.2) is 47.6 Å². The molecular formula is C19H12N6O4S. The number of hydrogen-bond acceptors (Lipinski definition) is 7. The number of carboxylic acids is 1. The van der Waals surface area contributed by atoms with Gasteiger partial charge in [0.25, 0.3) is 5.69 Å². The van der Waals surface area contributed by atoms with Crippen LogP contribution in [0.5, 0.6) is 0 Å². The monoisotopic (exact) mass is 420 g/mol. The van der Waals surface area contributed by atoms with Crippen molar-refractivity contribution in [1.82, 2.24) is 20.2 Å². The Kier molecular flexibility index (Phi) is 4.91. The number of hydrogen-bond donors (Lipinski definition) is 3. The molecule has 11 heteroatoms. The molecule has 0 aliphatic heterocycles. The van der Waals surface area contributed by atoms with E-state index in [0.29, 0.717) is 22.6 Å². The SMILES string of the molecule is N#Cc1cc2cc(-c3cc(-c4nc(SCC(=O)O)n[nH]4)cc([N+](=O)[O-])c3)ccc2[nH]1. The number of rotatable bonds is 6. The molecule has 0 aliphatic carbocycles. The van der Waals surface area contributed by atoms with Crippen LogP contribution >= 0.6 is 11.8 Å². The number of aromatic nitrogens is 4. The van der Waals surface area contributed by atoms with E-state index < -0.39 is 10.9 Å². The minimum atomic E-state index is -0.997. The third kappa shape index (κ3) is 3.85. The fourth-order valence-corrected chi connectivity index (χ4v) is 3.48. The number of carboxylic acid groups (broad SMARTS) is 1. The summed E-state index contributed by atoms with van der Waals surface area (Å²) in [7, 11) is 0. The number of thioether (sulfide) groups is 1. The summed E-state index contributed by atoms with van der Waals surface area (Å²) in [5.41, 5.74) is 2.87. The second kappa shape index (κ2) is 7.69. The lowest BCUT2D eigenvalue weighted by atomic mass is 10.0. The fraction of sp³-hybridized carbons (Fsp3) is 0.0526. The molecule has 0 spiro atoms. The number of aromatic amines is 2. The zero-order valence-electron chi connectivity index (χ0n) is 15.1. The van der Waals surface area contributed by atoms with Gasteiger partial charge in [0, 0.05) is 28.6 Å². The lowest BCUT2D eigenvalue weighted by Crippen LogP contribution is -1.97. The van der Waals surface area contributed by atoms with E-state index in [0.717, 1.165) is 28.2 Å². The van der Waals surface area contributed by atoms with Crippen LogP contribution < -0.4 is 0 Å². The molecule has 30 heavy (non-hydrogen) atoms. The molecule has 0 saturated heterocycles. The van der Waals surface area contributed by atoms with Crippen LogP contribution in [0.3, 0.4) is 0 Å². The van der Waals surface area contributed by atoms with Gasteiger partial charge in [-0.1, -0.05) is 17.8 Å². The highest BCUT2D eigenvalue weighted by Crippen LogP contribution is 2.32. The molecule has 0 bridgehead atoms. The van der Waals surface area contributed by atoms with Gasteiger partial charge in [0.15, 0.2) is 5.82 Å². The molecule has 0 radical (unpaired) electrons. The highest BCUT2D eigenvalue weighted by atomic mass is 32.2. The van der Waals surface area contributed by atoms with E-state index in [4.69, 9.17) is 10.4 Å². The third-order valence-corrected chi connectivity index (χ3v) is 5.10. The number of nitro groups is 1. The van der Waals surface area contributed by atoms with Gasteiger partial charge < -0.3 is 10.1 Å². The summed E-state index contributed by atoms with van der Waals surface area (Å²) in [6, 6.07) is 13.8. The van der Waals surface area contributed by atoms with Crippen molar-refractivity contribution in [1.29, 1.82) is 5.26 Å². The number of nitrogens with one attached hydrogen (secondary N) is 2. The quantitative estimate of drug-likeness (QED) is 0.242. The van der Waals surface area contributed by atoms with Crippen LogP contribution in [0, 0.1) is 21.4 Å². The first-order chi connectivity index (χ1) is 14.4. The molecule has 4 rings (SSSR count). The van der Waals surface area contributed by atoms with Gasteiger partial charge >= 0.3 is 5.97 Å². The molecule has 3 N–H and O–H groups in total. The summed E-state index contributed by atoms with van der Waals surface area (Å²) >= 11 is 0.944. The van der Waals surface area contributed by atoms with Crippen molar-refractivity contribution in [3.63, 3.8) is 0 Å². The van der Waals surface area contributed by atoms with Crippen molar-refractivity contribution < 1.29 is 14.8 Å². The van der Waals surface area contributed by atoms with E-state index in [1.165, 1.54) is 12.1 Å². The number of nitriles is 1. The molecular weight excluding hydrogens is 408 g/mol. The van der Waals surface area contributed by atoms with Crippen LogP contribution in [0.25, 0.3) is 33.4 Å². The summed E-state index contributed by atoms with van der Waals surface area (Å²) in [5, 5.41) is 37.0. The molecule has 10 nitrogen and oxygen atoms in total. The van der Waals surface area contributed by atoms with Gasteiger partial charge in [-0.2, -0.15) is 5.26 Å². The van der Waals surface area contributed by atoms with Gasteiger partial charge in [-0.25, -0.2) is 4.98 Å². The summed E-state index contributed by atoms with van der Waals surface area (Å²) < 4.78 is 0. The third-order valence-electron chi connectivity index (χ3n) is 4.27. The second-order valence-electron chi connectivity index (χ2n) is 6.27. The Morgan fingerprint density at radius 1 is 1.20 bits per heavy atom. The molecule has 0 fully saturated rings. The normalized spacial score (nSPS) is 10.8. The highest BCUT2D eigenvalue weighted by molar-refractivity contribution is 7.99. The van der Waals surface area contributed by atoms with Gasteiger partial charge in [0.1, 0.15) is 11.8 Å². The number of fused-ring (bicyclic) bond motifs is 1. The summed E-state index contributed by atoms with van der Waals surface area (Å²) in [4.78, 5) is 28.9. The number of benzene rings is 2. The molecule has 2 heterocycles. The van der Waals surface area contributed by atoms with Crippen molar-refractivity contribution in [2.45, 2.75) is 5.16 Å². The zero-order valence-corrected chi connectivity index (χ0v) is 15.9. The number of H-pyrrole nitrogens is 2. The molecule has 148 valence electrons. The lowest BCUT2D eigenvalue weighted by Gasteiger charge is -2.05. The Balaban J connectivity index is 1.76. The van der Waals surface area contributed by atoms with Gasteiger partial charge in [-0.05, 0) is 35.4 Å². The van der Waals surface area contributed by atoms with Crippen LogP contribution in [-0.4, -0.2) is 41.9 Å². The van der Waals surface area contributed by atoms with Crippen molar-refractivity contribution in [3.8, 4) is 28.6 Å². The Labute approximate surface area is 172 Å². The molecule has 0 unspecified atom stereocenters. The van der Waals surface area contributed by atoms with E-state index >= 15 is 0 Å². The summed E-state index contributed by atoms with van der Waals surface area (Å²) in [6.07, 6.45) is 0. The fourth-order valence-electron chi connectivity index (χ4n) is 2.96. The molecule has 0 amide bonds. The van der Waals surface area contributed by atoms with Crippen molar-refractivity contribution >= 4 is 34.3 Å². The smallest absolute Gasteiger partial charge is 0.313 e. The van der Waals surface area contributed by atoms with E-state index in [9.17, 15) is 14.9 Å². The second-order valence-corrected chi connectivity index (χ2v) is 7.21. The van der Waals surface area contributed by atoms with Crippen molar-refractivity contribution in [3.05, 3.63) is 58.3 Å². The minimum absolute atomic E-state index is 0.120. The Bertz CT molecular complexity index is 1340. The molecule has 0 aliphatic rings. The number of nitrogens with zero attached hydrogens (tertiary/aromatic N) is 4. The predicted molar refractivity (Wildman–Crippen MR) is 109 cm³/mol. The van der Waals surface area contributed by atoms with Crippen molar-refractivity contribution in [2.75, 3.05) is 5.75 Å². The standard InChI is InChI=1S/C19H12N6O4S/c20-8-14-5-12-3-10(1-2-16(12)21-14)11-4-13(7-15(6-11)25(28)29)18-22-19(24-23-18)30-9-17(26)27/h1-7,21H,9H2,(H,26,27)(H,22,23,24). The predicted octanol–water partition coefficient (Wildman–Crippen LogP) is 3.58. The summed E-state index contributed by atoms with van der Waals surface area (Å²) in [5.74, 6) is -0.898.